The van der Waals surface area contributed by atoms with Gasteiger partial charge in [-0.25, -0.2) is 0 Å². The minimum absolute atomic E-state index is 0.188. The van der Waals surface area contributed by atoms with Gasteiger partial charge in [-0.15, -0.1) is 10.2 Å². The van der Waals surface area contributed by atoms with Crippen LogP contribution in [0.3, 0.4) is 0 Å². The average Bonchev–Trinajstić information content (AvgIpc) is 3.00. The van der Waals surface area contributed by atoms with Crippen LogP contribution in [0, 0.1) is 6.92 Å². The fourth-order valence-corrected chi connectivity index (χ4v) is 3.54. The van der Waals surface area contributed by atoms with E-state index in [0.29, 0.717) is 11.8 Å². The van der Waals surface area contributed by atoms with Crippen molar-refractivity contribution in [3.8, 4) is 11.5 Å². The third-order valence-electron chi connectivity index (χ3n) is 4.12. The van der Waals surface area contributed by atoms with Gasteiger partial charge in [-0.1, -0.05) is 17.4 Å². The Hall–Kier alpha value is -1.86. The van der Waals surface area contributed by atoms with Crippen LogP contribution in [0.5, 0.6) is 11.5 Å². The van der Waals surface area contributed by atoms with Gasteiger partial charge in [-0.2, -0.15) is 0 Å². The van der Waals surface area contributed by atoms with Gasteiger partial charge >= 0.3 is 0 Å². The van der Waals surface area contributed by atoms with Crippen molar-refractivity contribution in [3.63, 3.8) is 0 Å². The molecule has 1 aromatic carbocycles. The second-order valence-corrected chi connectivity index (χ2v) is 6.91. The Morgan fingerprint density at radius 1 is 1.35 bits per heavy atom. The van der Waals surface area contributed by atoms with Crippen LogP contribution in [-0.2, 0) is 6.54 Å². The van der Waals surface area contributed by atoms with Gasteiger partial charge in [0.25, 0.3) is 0 Å². The molecular weight excluding hydrogens is 312 g/mol. The molecule has 1 fully saturated rings. The maximum Gasteiger partial charge on any atom is 0.208 e. The van der Waals surface area contributed by atoms with Crippen molar-refractivity contribution in [2.24, 2.45) is 0 Å². The first kappa shape index (κ1) is 16.0. The van der Waals surface area contributed by atoms with Crippen molar-refractivity contribution >= 4 is 16.5 Å². The number of nitrogens with zero attached hydrogens (tertiary/aromatic N) is 3. The van der Waals surface area contributed by atoms with Crippen LogP contribution in [0.2, 0.25) is 0 Å². The predicted molar refractivity (Wildman–Crippen MR) is 91.4 cm³/mol. The van der Waals surface area contributed by atoms with E-state index in [0.717, 1.165) is 48.2 Å². The van der Waals surface area contributed by atoms with Gasteiger partial charge in [0.1, 0.15) is 5.01 Å². The first-order valence-corrected chi connectivity index (χ1v) is 8.61. The molecule has 6 nitrogen and oxygen atoms in total. The van der Waals surface area contributed by atoms with Crippen LogP contribution in [0.4, 0.5) is 5.13 Å². The van der Waals surface area contributed by atoms with E-state index < -0.39 is 0 Å². The summed E-state index contributed by atoms with van der Waals surface area (Å²) in [6.45, 7) is 4.74. The molecule has 0 unspecified atom stereocenters. The van der Waals surface area contributed by atoms with Crippen molar-refractivity contribution in [2.75, 3.05) is 25.1 Å². The summed E-state index contributed by atoms with van der Waals surface area (Å²) in [7, 11) is 1.56. The quantitative estimate of drug-likeness (QED) is 0.874. The van der Waals surface area contributed by atoms with Gasteiger partial charge < -0.3 is 20.1 Å². The van der Waals surface area contributed by atoms with Gasteiger partial charge in [-0.3, -0.25) is 0 Å². The number of anilines is 1. The number of hydrogen-bond acceptors (Lipinski definition) is 7. The Balaban J connectivity index is 1.48. The predicted octanol–water partition coefficient (Wildman–Crippen LogP) is 2.32. The molecule has 2 aromatic rings. The van der Waals surface area contributed by atoms with E-state index in [1.54, 1.807) is 30.6 Å². The summed E-state index contributed by atoms with van der Waals surface area (Å²) < 4.78 is 5.06. The molecule has 0 atom stereocenters. The fraction of sp³-hybridized carbons (Fsp3) is 0.500. The van der Waals surface area contributed by atoms with Crippen molar-refractivity contribution in [2.45, 2.75) is 32.4 Å². The number of ether oxygens (including phenoxy) is 1. The zero-order valence-corrected chi connectivity index (χ0v) is 14.3. The lowest BCUT2D eigenvalue weighted by molar-refractivity contribution is 0.372. The molecule has 0 radical (unpaired) electrons. The van der Waals surface area contributed by atoms with Crippen LogP contribution in [-0.4, -0.2) is 41.5 Å². The van der Waals surface area contributed by atoms with Gasteiger partial charge in [-0.05, 0) is 37.5 Å². The van der Waals surface area contributed by atoms with Crippen molar-refractivity contribution < 1.29 is 9.84 Å². The van der Waals surface area contributed by atoms with E-state index in [1.165, 1.54) is 0 Å². The van der Waals surface area contributed by atoms with Gasteiger partial charge in [0.15, 0.2) is 11.5 Å². The van der Waals surface area contributed by atoms with Gasteiger partial charge in [0, 0.05) is 25.7 Å². The Morgan fingerprint density at radius 2 is 2.13 bits per heavy atom. The number of aryl methyl sites for hydroxylation is 1. The Labute approximate surface area is 140 Å². The lowest BCUT2D eigenvalue weighted by Gasteiger charge is -2.32. The summed E-state index contributed by atoms with van der Waals surface area (Å²) in [5.74, 6) is 0.697. The largest absolute Gasteiger partial charge is 0.504 e. The number of piperidine rings is 1. The van der Waals surface area contributed by atoms with Crippen molar-refractivity contribution in [1.82, 2.24) is 15.5 Å². The molecule has 0 spiro atoms. The Morgan fingerprint density at radius 3 is 2.74 bits per heavy atom. The van der Waals surface area contributed by atoms with E-state index in [9.17, 15) is 5.11 Å². The van der Waals surface area contributed by atoms with Crippen LogP contribution in [0.15, 0.2) is 18.2 Å². The number of rotatable bonds is 5. The van der Waals surface area contributed by atoms with Crippen molar-refractivity contribution in [1.29, 1.82) is 0 Å². The smallest absolute Gasteiger partial charge is 0.208 e. The summed E-state index contributed by atoms with van der Waals surface area (Å²) in [5.41, 5.74) is 1.06. The van der Waals surface area contributed by atoms with Crippen LogP contribution >= 0.6 is 11.3 Å². The lowest BCUT2D eigenvalue weighted by Crippen LogP contribution is -2.42. The maximum absolute atomic E-state index is 9.82. The summed E-state index contributed by atoms with van der Waals surface area (Å²) in [6, 6.07) is 6.02. The highest BCUT2D eigenvalue weighted by atomic mass is 32.1. The molecule has 0 saturated carbocycles. The Bertz CT molecular complexity index is 653. The molecule has 1 aliphatic heterocycles. The molecule has 2 N–H and O–H groups in total. The third kappa shape index (κ3) is 3.92. The molecule has 0 aliphatic carbocycles. The van der Waals surface area contributed by atoms with Crippen LogP contribution < -0.4 is 15.0 Å². The number of hydrogen-bond donors (Lipinski definition) is 2. The fourth-order valence-electron chi connectivity index (χ4n) is 2.80. The van der Waals surface area contributed by atoms with Gasteiger partial charge in [0.05, 0.1) is 7.11 Å². The molecular formula is C16H22N4O2S. The topological polar surface area (TPSA) is 70.5 Å². The average molecular weight is 334 g/mol. The normalized spacial score (nSPS) is 15.8. The molecule has 0 amide bonds. The number of aromatic hydroxyl groups is 1. The molecule has 3 rings (SSSR count). The first-order chi connectivity index (χ1) is 11.2. The Kier molecular flexibility index (Phi) is 4.97. The van der Waals surface area contributed by atoms with E-state index in [-0.39, 0.29) is 5.75 Å². The minimum Gasteiger partial charge on any atom is -0.504 e. The highest BCUT2D eigenvalue weighted by molar-refractivity contribution is 7.15. The zero-order valence-electron chi connectivity index (χ0n) is 13.5. The van der Waals surface area contributed by atoms with E-state index in [1.807, 2.05) is 13.0 Å². The van der Waals surface area contributed by atoms with Crippen LogP contribution in [0.25, 0.3) is 0 Å². The van der Waals surface area contributed by atoms with E-state index in [4.69, 9.17) is 4.74 Å². The molecule has 1 aromatic heterocycles. The number of nitrogens with one attached hydrogen (secondary N) is 1. The molecule has 124 valence electrons. The molecule has 23 heavy (non-hydrogen) atoms. The lowest BCUT2D eigenvalue weighted by atomic mass is 10.0. The summed E-state index contributed by atoms with van der Waals surface area (Å²) in [4.78, 5) is 2.31. The zero-order chi connectivity index (χ0) is 16.2. The monoisotopic (exact) mass is 334 g/mol. The molecule has 0 bridgehead atoms. The van der Waals surface area contributed by atoms with Gasteiger partial charge in [0.2, 0.25) is 5.13 Å². The van der Waals surface area contributed by atoms with E-state index in [2.05, 4.69) is 20.4 Å². The molecule has 1 saturated heterocycles. The summed E-state index contributed by atoms with van der Waals surface area (Å²) >= 11 is 1.65. The minimum atomic E-state index is 0.188. The molecule has 2 heterocycles. The number of phenols is 1. The number of benzene rings is 1. The SMILES string of the molecule is COc1ccc(CNC2CCN(c3nnc(C)s3)CC2)cc1O. The molecule has 1 aliphatic rings. The number of phenolic OH excluding ortho intramolecular Hbond substituents is 1. The van der Waals surface area contributed by atoms with E-state index >= 15 is 0 Å². The number of methoxy groups -OCH3 is 1. The molecule has 7 heteroatoms. The standard InChI is InChI=1S/C16H22N4O2S/c1-11-18-19-16(23-11)20-7-5-13(6-8-20)17-10-12-3-4-15(22-2)14(21)9-12/h3-4,9,13,17,21H,5-8,10H2,1-2H3. The van der Waals surface area contributed by atoms with Crippen LogP contribution in [0.1, 0.15) is 23.4 Å². The second-order valence-electron chi connectivity index (χ2n) is 5.75. The third-order valence-corrected chi connectivity index (χ3v) is 5.02. The second kappa shape index (κ2) is 7.14. The highest BCUT2D eigenvalue weighted by Crippen LogP contribution is 2.27. The summed E-state index contributed by atoms with van der Waals surface area (Å²) in [6.07, 6.45) is 2.17. The van der Waals surface area contributed by atoms with Crippen molar-refractivity contribution in [3.05, 3.63) is 28.8 Å². The summed E-state index contributed by atoms with van der Waals surface area (Å²) in [5, 5.41) is 23.7. The number of aromatic nitrogens is 2. The highest BCUT2D eigenvalue weighted by Gasteiger charge is 2.21. The maximum atomic E-state index is 9.82. The first-order valence-electron chi connectivity index (χ1n) is 7.80.